The van der Waals surface area contributed by atoms with Crippen molar-refractivity contribution in [3.8, 4) is 5.75 Å². The quantitative estimate of drug-likeness (QED) is 0.243. The first kappa shape index (κ1) is 16.2. The smallest absolute Gasteiger partial charge is 0.333 e. The molecule has 20 heavy (non-hydrogen) atoms. The summed E-state index contributed by atoms with van der Waals surface area (Å²) < 4.78 is 10.3. The topological polar surface area (TPSA) is 52.6 Å². The molecule has 108 valence electrons. The van der Waals surface area contributed by atoms with E-state index in [1.54, 1.807) is 31.2 Å². The molecule has 0 saturated carbocycles. The van der Waals surface area contributed by atoms with E-state index >= 15 is 0 Å². The monoisotopic (exact) mass is 296 g/mol. The highest BCUT2D eigenvalue weighted by atomic mass is 35.5. The highest BCUT2D eigenvalue weighted by molar-refractivity contribution is 6.19. The summed E-state index contributed by atoms with van der Waals surface area (Å²) in [7, 11) is 0. The van der Waals surface area contributed by atoms with Gasteiger partial charge in [-0.25, -0.2) is 4.79 Å². The second-order valence-corrected chi connectivity index (χ2v) is 4.53. The largest absolute Gasteiger partial charge is 0.490 e. The number of benzene rings is 1. The molecule has 0 fully saturated rings. The van der Waals surface area contributed by atoms with Crippen LogP contribution in [0, 0.1) is 0 Å². The van der Waals surface area contributed by atoms with E-state index in [4.69, 9.17) is 21.1 Å². The molecule has 0 aliphatic heterocycles. The number of carbonyl (C=O) groups is 2. The van der Waals surface area contributed by atoms with Gasteiger partial charge in [-0.15, -0.1) is 11.6 Å². The Morgan fingerprint density at radius 1 is 1.20 bits per heavy atom. The molecule has 0 spiro atoms. The van der Waals surface area contributed by atoms with Crippen LogP contribution in [-0.2, 0) is 9.53 Å². The summed E-state index contributed by atoms with van der Waals surface area (Å²) in [6.07, 6.45) is 0.318. The first-order chi connectivity index (χ1) is 9.54. The minimum absolute atomic E-state index is 0.00179. The lowest BCUT2D eigenvalue weighted by Gasteiger charge is -2.07. The molecule has 0 N–H and O–H groups in total. The second-order valence-electron chi connectivity index (χ2n) is 4.15. The van der Waals surface area contributed by atoms with Crippen LogP contribution in [0.1, 0.15) is 23.7 Å². The van der Waals surface area contributed by atoms with E-state index in [-0.39, 0.29) is 19.0 Å². The molecule has 0 saturated heterocycles. The van der Waals surface area contributed by atoms with Crippen molar-refractivity contribution in [1.82, 2.24) is 0 Å². The van der Waals surface area contributed by atoms with Gasteiger partial charge in [0.25, 0.3) is 0 Å². The average Bonchev–Trinajstić information content (AvgIpc) is 2.44. The Bertz CT molecular complexity index is 479. The van der Waals surface area contributed by atoms with Gasteiger partial charge in [-0.3, -0.25) is 4.79 Å². The van der Waals surface area contributed by atoms with Crippen LogP contribution in [-0.4, -0.2) is 30.8 Å². The zero-order chi connectivity index (χ0) is 15.0. The lowest BCUT2D eigenvalue weighted by atomic mass is 10.1. The van der Waals surface area contributed by atoms with Crippen LogP contribution in [0.3, 0.4) is 0 Å². The number of ketones is 1. The predicted octanol–water partition coefficient (Wildman–Crippen LogP) is 3.00. The Balaban J connectivity index is 2.37. The third kappa shape index (κ3) is 5.45. The van der Waals surface area contributed by atoms with Gasteiger partial charge in [-0.2, -0.15) is 0 Å². The van der Waals surface area contributed by atoms with Gasteiger partial charge in [-0.05, 0) is 31.2 Å². The molecule has 0 heterocycles. The summed E-state index contributed by atoms with van der Waals surface area (Å²) in [5.74, 6) is 0.488. The fraction of sp³-hybridized carbons (Fsp3) is 0.333. The molecular weight excluding hydrogens is 280 g/mol. The Morgan fingerprint density at radius 2 is 1.85 bits per heavy atom. The molecule has 1 aromatic carbocycles. The number of carbonyl (C=O) groups excluding carboxylic acids is 2. The third-order valence-electron chi connectivity index (χ3n) is 2.43. The van der Waals surface area contributed by atoms with Gasteiger partial charge < -0.3 is 9.47 Å². The van der Waals surface area contributed by atoms with E-state index in [1.807, 2.05) is 0 Å². The number of Topliss-reactive ketones (excluding diaryl/α,β-unsaturated/α-hetero) is 1. The number of hydrogen-bond acceptors (Lipinski definition) is 4. The van der Waals surface area contributed by atoms with Gasteiger partial charge in [0, 0.05) is 23.4 Å². The van der Waals surface area contributed by atoms with Crippen molar-refractivity contribution >= 4 is 23.4 Å². The molecule has 0 unspecified atom stereocenters. The molecule has 0 bridgehead atoms. The highest BCUT2D eigenvalue weighted by Crippen LogP contribution is 2.13. The molecule has 4 nitrogen and oxygen atoms in total. The number of esters is 1. The van der Waals surface area contributed by atoms with E-state index in [1.165, 1.54) is 0 Å². The van der Waals surface area contributed by atoms with Gasteiger partial charge in [-0.1, -0.05) is 6.58 Å². The molecule has 1 rings (SSSR count). The summed E-state index contributed by atoms with van der Waals surface area (Å²) in [6.45, 7) is 5.46. The summed E-state index contributed by atoms with van der Waals surface area (Å²) in [4.78, 5) is 22.7. The number of alkyl halides is 1. The van der Waals surface area contributed by atoms with Crippen molar-refractivity contribution in [2.75, 3.05) is 19.1 Å². The molecular formula is C15H17ClO4. The molecule has 0 aromatic heterocycles. The lowest BCUT2D eigenvalue weighted by Crippen LogP contribution is -2.12. The van der Waals surface area contributed by atoms with Crippen LogP contribution in [0.5, 0.6) is 5.75 Å². The Kier molecular flexibility index (Phi) is 6.81. The van der Waals surface area contributed by atoms with Crippen LogP contribution in [0.25, 0.3) is 0 Å². The number of ether oxygens (including phenoxy) is 2. The minimum atomic E-state index is -0.435. The summed E-state index contributed by atoms with van der Waals surface area (Å²) in [5.41, 5.74) is 0.957. The van der Waals surface area contributed by atoms with Crippen LogP contribution in [0.2, 0.25) is 0 Å². The fourth-order valence-corrected chi connectivity index (χ4v) is 1.56. The van der Waals surface area contributed by atoms with Gasteiger partial charge in [0.1, 0.15) is 19.0 Å². The molecule has 0 amide bonds. The third-order valence-corrected chi connectivity index (χ3v) is 2.62. The van der Waals surface area contributed by atoms with Crippen molar-refractivity contribution < 1.29 is 19.1 Å². The van der Waals surface area contributed by atoms with E-state index in [0.29, 0.717) is 29.2 Å². The van der Waals surface area contributed by atoms with E-state index in [2.05, 4.69) is 6.58 Å². The van der Waals surface area contributed by atoms with Crippen molar-refractivity contribution in [1.29, 1.82) is 0 Å². The molecule has 1 aromatic rings. The normalized spacial score (nSPS) is 9.90. The zero-order valence-electron chi connectivity index (χ0n) is 11.4. The maximum absolute atomic E-state index is 11.6. The van der Waals surface area contributed by atoms with Crippen LogP contribution in [0.4, 0.5) is 0 Å². The van der Waals surface area contributed by atoms with Gasteiger partial charge >= 0.3 is 5.97 Å². The standard InChI is InChI=1S/C15H17ClO4/c1-11(2)15(18)20-10-9-19-13-5-3-12(4-6-13)14(17)7-8-16/h3-6H,1,7-10H2,2H3. The SMILES string of the molecule is C=C(C)C(=O)OCCOc1ccc(C(=O)CCCl)cc1. The fourth-order valence-electron chi connectivity index (χ4n) is 1.38. The number of hydrogen-bond donors (Lipinski definition) is 0. The van der Waals surface area contributed by atoms with Crippen molar-refractivity contribution in [2.24, 2.45) is 0 Å². The minimum Gasteiger partial charge on any atom is -0.490 e. The summed E-state index contributed by atoms with van der Waals surface area (Å²) >= 11 is 5.52. The first-order valence-corrected chi connectivity index (χ1v) is 6.72. The Morgan fingerprint density at radius 3 is 2.40 bits per heavy atom. The average molecular weight is 297 g/mol. The lowest BCUT2D eigenvalue weighted by molar-refractivity contribution is -0.139. The number of rotatable bonds is 8. The summed E-state index contributed by atoms with van der Waals surface area (Å²) in [5, 5.41) is 0. The maximum Gasteiger partial charge on any atom is 0.333 e. The maximum atomic E-state index is 11.6. The Labute approximate surface area is 123 Å². The Hall–Kier alpha value is -1.81. The van der Waals surface area contributed by atoms with E-state index < -0.39 is 5.97 Å². The first-order valence-electron chi connectivity index (χ1n) is 6.19. The van der Waals surface area contributed by atoms with E-state index in [0.717, 1.165) is 0 Å². The predicted molar refractivity (Wildman–Crippen MR) is 77.4 cm³/mol. The molecule has 0 atom stereocenters. The zero-order valence-corrected chi connectivity index (χ0v) is 12.1. The van der Waals surface area contributed by atoms with Crippen molar-refractivity contribution in [2.45, 2.75) is 13.3 Å². The van der Waals surface area contributed by atoms with Crippen LogP contribution < -0.4 is 4.74 Å². The summed E-state index contributed by atoms with van der Waals surface area (Å²) in [6, 6.07) is 6.76. The van der Waals surface area contributed by atoms with Gasteiger partial charge in [0.15, 0.2) is 5.78 Å². The van der Waals surface area contributed by atoms with Crippen LogP contribution in [0.15, 0.2) is 36.4 Å². The number of halogens is 1. The molecule has 5 heteroatoms. The second kappa shape index (κ2) is 8.38. The van der Waals surface area contributed by atoms with Gasteiger partial charge in [0.2, 0.25) is 0 Å². The van der Waals surface area contributed by atoms with E-state index in [9.17, 15) is 9.59 Å². The van der Waals surface area contributed by atoms with Crippen molar-refractivity contribution in [3.05, 3.63) is 42.0 Å². The van der Waals surface area contributed by atoms with Crippen molar-refractivity contribution in [3.63, 3.8) is 0 Å². The van der Waals surface area contributed by atoms with Crippen LogP contribution >= 0.6 is 11.6 Å². The molecule has 0 aliphatic rings. The molecule has 0 aliphatic carbocycles. The molecule has 0 radical (unpaired) electrons. The highest BCUT2D eigenvalue weighted by Gasteiger charge is 2.05. The van der Waals surface area contributed by atoms with Gasteiger partial charge in [0.05, 0.1) is 0 Å².